The molecule has 39 heavy (non-hydrogen) atoms. The Kier molecular flexibility index (Phi) is 11.8. The highest BCUT2D eigenvalue weighted by atomic mass is 28.3. The molecule has 2 aromatic carbocycles. The summed E-state index contributed by atoms with van der Waals surface area (Å²) in [4.78, 5) is 37.8. The summed E-state index contributed by atoms with van der Waals surface area (Å²) in [7, 11) is -1.93. The first kappa shape index (κ1) is 32.1. The van der Waals surface area contributed by atoms with Crippen LogP contribution >= 0.6 is 0 Å². The van der Waals surface area contributed by atoms with Crippen LogP contribution in [0.2, 0.25) is 16.6 Å². The van der Waals surface area contributed by atoms with Crippen LogP contribution in [0.25, 0.3) is 0 Å². The predicted molar refractivity (Wildman–Crippen MR) is 159 cm³/mol. The van der Waals surface area contributed by atoms with Crippen LogP contribution in [0.1, 0.15) is 66.5 Å². The Morgan fingerprint density at radius 2 is 1.36 bits per heavy atom. The Balaban J connectivity index is 2.18. The maximum atomic E-state index is 13.2. The molecule has 0 aliphatic rings. The number of rotatable bonds is 13. The Bertz CT molecular complexity index is 1080. The van der Waals surface area contributed by atoms with Crippen LogP contribution in [0.4, 0.5) is 4.79 Å². The molecule has 0 aliphatic heterocycles. The summed E-state index contributed by atoms with van der Waals surface area (Å²) in [6.45, 7) is 17.4. The van der Waals surface area contributed by atoms with Crippen LogP contribution < -0.4 is 15.8 Å². The molecule has 0 aliphatic carbocycles. The quantitative estimate of drug-likeness (QED) is 0.278. The van der Waals surface area contributed by atoms with E-state index in [4.69, 9.17) is 4.74 Å². The van der Waals surface area contributed by atoms with Crippen molar-refractivity contribution < 1.29 is 24.2 Å². The molecule has 0 radical (unpaired) electrons. The van der Waals surface area contributed by atoms with Crippen molar-refractivity contribution in [1.29, 1.82) is 0 Å². The van der Waals surface area contributed by atoms with Crippen molar-refractivity contribution in [2.24, 2.45) is 5.92 Å². The van der Waals surface area contributed by atoms with Gasteiger partial charge in [0.25, 0.3) is 0 Å². The zero-order valence-electron chi connectivity index (χ0n) is 24.7. The van der Waals surface area contributed by atoms with Crippen molar-refractivity contribution in [3.8, 4) is 0 Å². The fraction of sp³-hybridized carbons (Fsp3) is 0.516. The van der Waals surface area contributed by atoms with Gasteiger partial charge in [-0.1, -0.05) is 115 Å². The summed E-state index contributed by atoms with van der Waals surface area (Å²) in [5.41, 5.74) is 3.24. The van der Waals surface area contributed by atoms with Crippen LogP contribution in [0.5, 0.6) is 0 Å². The minimum Gasteiger partial charge on any atom is -0.480 e. The van der Waals surface area contributed by atoms with Crippen molar-refractivity contribution >= 4 is 31.2 Å². The number of aliphatic carboxylic acids is 1. The highest BCUT2D eigenvalue weighted by Gasteiger charge is 2.44. The van der Waals surface area contributed by atoms with Crippen molar-refractivity contribution in [2.45, 2.75) is 97.1 Å². The zero-order chi connectivity index (χ0) is 29.3. The molecule has 2 rings (SSSR count). The van der Waals surface area contributed by atoms with Crippen LogP contribution in [-0.2, 0) is 27.4 Å². The van der Waals surface area contributed by atoms with Crippen LogP contribution in [0, 0.1) is 5.92 Å². The number of hydrogen-bond donors (Lipinski definition) is 3. The van der Waals surface area contributed by atoms with E-state index in [-0.39, 0.29) is 18.9 Å². The standard InChI is InChI=1S/C31H46N2O5Si/c1-20(2)28(33-31(37)38-19-24-13-10-9-11-14-24)29(34)32-27(30(35)36)18-25-15-12-16-26(17-25)39(21(3)4,22(5)6)23(7)8/h9-17,20-23,27-28H,18-19H2,1-8H3,(H,32,34)(H,33,37)(H,35,36). The average molecular weight is 555 g/mol. The Hall–Kier alpha value is -3.13. The number of carboxylic acid groups (broad SMARTS) is 1. The van der Waals surface area contributed by atoms with Crippen molar-refractivity contribution in [3.05, 3.63) is 65.7 Å². The Labute approximate surface area is 234 Å². The molecule has 2 aromatic rings. The third-order valence-corrected chi connectivity index (χ3v) is 14.8. The van der Waals surface area contributed by atoms with Gasteiger partial charge >= 0.3 is 12.1 Å². The number of carbonyl (C=O) groups is 3. The number of alkyl carbamates (subject to hydrolysis) is 1. The first-order chi connectivity index (χ1) is 18.3. The lowest BCUT2D eigenvalue weighted by molar-refractivity contribution is -0.142. The highest BCUT2D eigenvalue weighted by Crippen LogP contribution is 2.41. The lowest BCUT2D eigenvalue weighted by Crippen LogP contribution is -2.56. The van der Waals surface area contributed by atoms with E-state index in [2.05, 4.69) is 64.3 Å². The largest absolute Gasteiger partial charge is 0.480 e. The number of nitrogens with one attached hydrogen (secondary N) is 2. The van der Waals surface area contributed by atoms with E-state index >= 15 is 0 Å². The van der Waals surface area contributed by atoms with E-state index in [9.17, 15) is 19.5 Å². The predicted octanol–water partition coefficient (Wildman–Crippen LogP) is 5.64. The monoisotopic (exact) mass is 554 g/mol. The smallest absolute Gasteiger partial charge is 0.408 e. The third-order valence-electron chi connectivity index (χ3n) is 7.78. The second kappa shape index (κ2) is 14.3. The van der Waals surface area contributed by atoms with E-state index in [1.54, 1.807) is 13.8 Å². The van der Waals surface area contributed by atoms with Gasteiger partial charge < -0.3 is 20.5 Å². The summed E-state index contributed by atoms with van der Waals surface area (Å²) in [5.74, 6) is -1.95. The molecule has 0 aromatic heterocycles. The molecule has 3 N–H and O–H groups in total. The summed E-state index contributed by atoms with van der Waals surface area (Å²) in [6.07, 6.45) is -0.582. The molecule has 7 nitrogen and oxygen atoms in total. The summed E-state index contributed by atoms with van der Waals surface area (Å²) >= 11 is 0. The van der Waals surface area contributed by atoms with Crippen LogP contribution in [0.3, 0.4) is 0 Å². The van der Waals surface area contributed by atoms with Gasteiger partial charge in [-0.3, -0.25) is 4.79 Å². The van der Waals surface area contributed by atoms with Gasteiger partial charge in [0.15, 0.2) is 0 Å². The van der Waals surface area contributed by atoms with E-state index in [1.807, 2.05) is 42.5 Å². The number of ether oxygens (including phenoxy) is 1. The normalized spacial score (nSPS) is 13.4. The minimum absolute atomic E-state index is 0.0706. The molecule has 214 valence electrons. The minimum atomic E-state index is -1.93. The summed E-state index contributed by atoms with van der Waals surface area (Å²) in [6, 6.07) is 15.4. The molecule has 0 saturated heterocycles. The zero-order valence-corrected chi connectivity index (χ0v) is 25.7. The maximum Gasteiger partial charge on any atom is 0.408 e. The summed E-state index contributed by atoms with van der Waals surface area (Å²) < 4.78 is 5.27. The van der Waals surface area contributed by atoms with Gasteiger partial charge in [0, 0.05) is 6.42 Å². The van der Waals surface area contributed by atoms with Gasteiger partial charge in [0.2, 0.25) is 5.91 Å². The second-order valence-corrected chi connectivity index (χ2v) is 17.5. The van der Waals surface area contributed by atoms with E-state index in [1.165, 1.54) is 5.19 Å². The van der Waals surface area contributed by atoms with Gasteiger partial charge in [0.05, 0.1) is 8.07 Å². The fourth-order valence-corrected chi connectivity index (χ4v) is 12.9. The highest BCUT2D eigenvalue weighted by molar-refractivity contribution is 6.95. The molecule has 0 saturated carbocycles. The van der Waals surface area contributed by atoms with Gasteiger partial charge in [-0.05, 0) is 33.7 Å². The van der Waals surface area contributed by atoms with Gasteiger partial charge in [0.1, 0.15) is 18.7 Å². The lowest BCUT2D eigenvalue weighted by atomic mass is 10.0. The lowest BCUT2D eigenvalue weighted by Gasteiger charge is -2.44. The molecule has 8 heteroatoms. The number of amides is 2. The SMILES string of the molecule is CC(C)C(NC(=O)OCc1ccccc1)C(=O)NC(Cc1cccc([Si](C(C)C)(C(C)C)C(C)C)c1)C(=O)O. The molecule has 2 unspecified atom stereocenters. The molecule has 0 fully saturated rings. The molecule has 2 amide bonds. The molecule has 2 atom stereocenters. The van der Waals surface area contributed by atoms with Crippen molar-refractivity contribution in [2.75, 3.05) is 0 Å². The number of carboxylic acids is 1. The average Bonchev–Trinajstić information content (AvgIpc) is 2.86. The fourth-order valence-electron chi connectivity index (χ4n) is 6.09. The van der Waals surface area contributed by atoms with E-state index in [0.29, 0.717) is 16.6 Å². The Morgan fingerprint density at radius 1 is 0.795 bits per heavy atom. The van der Waals surface area contributed by atoms with Gasteiger partial charge in [-0.15, -0.1) is 0 Å². The molecule has 0 spiro atoms. The number of benzene rings is 2. The Morgan fingerprint density at radius 3 is 1.87 bits per heavy atom. The third kappa shape index (κ3) is 8.18. The molecular weight excluding hydrogens is 508 g/mol. The van der Waals surface area contributed by atoms with Crippen LogP contribution in [-0.4, -0.2) is 43.2 Å². The molecule has 0 bridgehead atoms. The maximum absolute atomic E-state index is 13.2. The van der Waals surface area contributed by atoms with Crippen molar-refractivity contribution in [3.63, 3.8) is 0 Å². The molecular formula is C31H46N2O5Si. The second-order valence-electron chi connectivity index (χ2n) is 11.6. The van der Waals surface area contributed by atoms with Gasteiger partial charge in [-0.2, -0.15) is 0 Å². The van der Waals surface area contributed by atoms with Crippen LogP contribution in [0.15, 0.2) is 54.6 Å². The van der Waals surface area contributed by atoms with E-state index < -0.39 is 38.1 Å². The number of carbonyl (C=O) groups excluding carboxylic acids is 2. The first-order valence-electron chi connectivity index (χ1n) is 13.9. The van der Waals surface area contributed by atoms with Gasteiger partial charge in [-0.25, -0.2) is 9.59 Å². The number of hydrogen-bond acceptors (Lipinski definition) is 4. The topological polar surface area (TPSA) is 105 Å². The molecule has 0 heterocycles. The van der Waals surface area contributed by atoms with Crippen molar-refractivity contribution in [1.82, 2.24) is 10.6 Å². The summed E-state index contributed by atoms with van der Waals surface area (Å²) in [5, 5.41) is 16.5. The van der Waals surface area contributed by atoms with E-state index in [0.717, 1.165) is 11.1 Å². The first-order valence-corrected chi connectivity index (χ1v) is 16.1.